The number of imide groups is 2. The minimum atomic E-state index is -1.22. The Morgan fingerprint density at radius 2 is 1.50 bits per heavy atom. The van der Waals surface area contributed by atoms with Gasteiger partial charge in [-0.2, -0.15) is 0 Å². The molecule has 0 spiro atoms. The number of phenolic OH excluding ortho intramolecular Hbond substituents is 1. The number of rotatable bonds is 4. The number of carbonyl (C=O) groups is 5. The second kappa shape index (κ2) is 9.84. The van der Waals surface area contributed by atoms with Gasteiger partial charge in [-0.15, -0.1) is 0 Å². The van der Waals surface area contributed by atoms with Crippen molar-refractivity contribution in [2.75, 3.05) is 9.80 Å². The molecule has 3 aromatic rings. The molecule has 44 heavy (non-hydrogen) atoms. The SMILES string of the molecule is CC(=O)c1ccc(N2C(=O)C3CC=C4C(CC5C(=O)N(c6ccccc6)C(=O)C5(C)C4c4cccc(C)c4O)C3C2=O)cc1. The third kappa shape index (κ3) is 3.73. The maximum Gasteiger partial charge on any atom is 0.241 e. The molecule has 8 nitrogen and oxygen atoms in total. The van der Waals surface area contributed by atoms with Crippen LogP contribution in [0.5, 0.6) is 5.75 Å². The number of allylic oxidation sites excluding steroid dienone is 2. The maximum absolute atomic E-state index is 14.4. The van der Waals surface area contributed by atoms with E-state index in [1.54, 1.807) is 74.5 Å². The second-order valence-electron chi connectivity index (χ2n) is 12.6. The quantitative estimate of drug-likeness (QED) is 0.250. The highest BCUT2D eigenvalue weighted by molar-refractivity contribution is 6.25. The number of carbonyl (C=O) groups excluding carboxylic acids is 5. The summed E-state index contributed by atoms with van der Waals surface area (Å²) < 4.78 is 0. The van der Waals surface area contributed by atoms with Crippen LogP contribution in [-0.4, -0.2) is 34.5 Å². The number of Topliss-reactive ketones (excluding diaryl/α,β-unsaturated/α-hetero) is 1. The van der Waals surface area contributed by atoms with Gasteiger partial charge < -0.3 is 5.11 Å². The minimum absolute atomic E-state index is 0.0561. The number of aryl methyl sites for hydroxylation is 1. The van der Waals surface area contributed by atoms with Crippen LogP contribution in [0.3, 0.4) is 0 Å². The van der Waals surface area contributed by atoms with E-state index in [2.05, 4.69) is 0 Å². The zero-order valence-electron chi connectivity index (χ0n) is 24.7. The number of phenols is 1. The molecule has 2 heterocycles. The summed E-state index contributed by atoms with van der Waals surface area (Å²) in [4.78, 5) is 70.9. The zero-order chi connectivity index (χ0) is 31.1. The fraction of sp³-hybridized carbons (Fsp3) is 0.306. The number of amides is 4. The number of nitrogens with zero attached hydrogens (tertiary/aromatic N) is 2. The standard InChI is InChI=1S/C36H32N2O6/c1-19-8-7-11-26(31(19)40)30-24-16-17-25-29(34(43)37(32(25)41)23-14-12-21(13-15-23)20(2)39)27(24)18-28-33(42)38(35(44)36(28,30)3)22-9-5-4-6-10-22/h4-16,25,27-30,40H,17-18H2,1-3H3. The topological polar surface area (TPSA) is 112 Å². The van der Waals surface area contributed by atoms with Crippen molar-refractivity contribution in [1.82, 2.24) is 0 Å². The molecule has 4 aliphatic rings. The summed E-state index contributed by atoms with van der Waals surface area (Å²) in [6, 6.07) is 20.7. The molecule has 7 rings (SSSR count). The number of aromatic hydroxyl groups is 1. The molecule has 2 saturated heterocycles. The smallest absolute Gasteiger partial charge is 0.241 e. The molecule has 6 unspecified atom stereocenters. The van der Waals surface area contributed by atoms with E-state index in [0.29, 0.717) is 34.5 Å². The molecule has 2 aliphatic heterocycles. The first-order valence-corrected chi connectivity index (χ1v) is 15.0. The summed E-state index contributed by atoms with van der Waals surface area (Å²) in [6.45, 7) is 5.05. The van der Waals surface area contributed by atoms with E-state index in [1.165, 1.54) is 16.7 Å². The fourth-order valence-electron chi connectivity index (χ4n) is 8.20. The van der Waals surface area contributed by atoms with Crippen LogP contribution in [0.15, 0.2) is 84.4 Å². The third-order valence-electron chi connectivity index (χ3n) is 10.4. The van der Waals surface area contributed by atoms with Crippen molar-refractivity contribution in [3.05, 3.63) is 101 Å². The zero-order valence-corrected chi connectivity index (χ0v) is 24.7. The Bertz CT molecular complexity index is 1790. The summed E-state index contributed by atoms with van der Waals surface area (Å²) >= 11 is 0. The highest BCUT2D eigenvalue weighted by Crippen LogP contribution is 2.64. The van der Waals surface area contributed by atoms with Crippen LogP contribution in [0.1, 0.15) is 54.1 Å². The van der Waals surface area contributed by atoms with Crippen LogP contribution in [0, 0.1) is 36.0 Å². The molecular weight excluding hydrogens is 556 g/mol. The van der Waals surface area contributed by atoms with Gasteiger partial charge in [0, 0.05) is 17.0 Å². The molecule has 1 saturated carbocycles. The van der Waals surface area contributed by atoms with Crippen LogP contribution in [0.4, 0.5) is 11.4 Å². The number of para-hydroxylation sites is 2. The number of ketones is 1. The van der Waals surface area contributed by atoms with Gasteiger partial charge in [0.2, 0.25) is 23.6 Å². The predicted molar refractivity (Wildman–Crippen MR) is 163 cm³/mol. The van der Waals surface area contributed by atoms with Crippen molar-refractivity contribution in [2.24, 2.45) is 29.1 Å². The van der Waals surface area contributed by atoms with E-state index < -0.39 is 35.0 Å². The van der Waals surface area contributed by atoms with E-state index >= 15 is 0 Å². The lowest BCUT2D eigenvalue weighted by Crippen LogP contribution is -2.49. The lowest BCUT2D eigenvalue weighted by molar-refractivity contribution is -0.131. The molecule has 6 atom stereocenters. The Labute approximate surface area is 255 Å². The average Bonchev–Trinajstić information content (AvgIpc) is 3.38. The van der Waals surface area contributed by atoms with E-state index in [0.717, 1.165) is 5.57 Å². The highest BCUT2D eigenvalue weighted by Gasteiger charge is 2.68. The summed E-state index contributed by atoms with van der Waals surface area (Å²) in [5, 5.41) is 11.4. The average molecular weight is 589 g/mol. The number of hydrogen-bond acceptors (Lipinski definition) is 6. The van der Waals surface area contributed by atoms with Gasteiger partial charge in [0.1, 0.15) is 5.75 Å². The number of anilines is 2. The predicted octanol–water partition coefficient (Wildman–Crippen LogP) is 5.34. The molecule has 222 valence electrons. The molecule has 3 aromatic carbocycles. The van der Waals surface area contributed by atoms with Crippen molar-refractivity contribution in [2.45, 2.75) is 39.5 Å². The normalized spacial score (nSPS) is 29.3. The third-order valence-corrected chi connectivity index (χ3v) is 10.4. The van der Waals surface area contributed by atoms with E-state index in [9.17, 15) is 29.1 Å². The Balaban J connectivity index is 1.36. The van der Waals surface area contributed by atoms with E-state index in [-0.39, 0.29) is 41.6 Å². The Kier molecular flexibility index (Phi) is 6.25. The van der Waals surface area contributed by atoms with Crippen LogP contribution in [0.2, 0.25) is 0 Å². The summed E-state index contributed by atoms with van der Waals surface area (Å²) in [5.41, 5.74) is 2.14. The second-order valence-corrected chi connectivity index (χ2v) is 12.6. The molecule has 8 heteroatoms. The molecule has 1 N–H and O–H groups in total. The Hall–Kier alpha value is -4.85. The fourth-order valence-corrected chi connectivity index (χ4v) is 8.20. The van der Waals surface area contributed by atoms with Crippen LogP contribution < -0.4 is 9.80 Å². The molecule has 4 amide bonds. The highest BCUT2D eigenvalue weighted by atomic mass is 16.3. The first-order chi connectivity index (χ1) is 21.1. The molecular formula is C36H32N2O6. The van der Waals surface area contributed by atoms with Crippen LogP contribution in [-0.2, 0) is 19.2 Å². The minimum Gasteiger partial charge on any atom is -0.507 e. The first kappa shape index (κ1) is 28.0. The largest absolute Gasteiger partial charge is 0.507 e. The molecule has 0 radical (unpaired) electrons. The Morgan fingerprint density at radius 1 is 0.818 bits per heavy atom. The lowest BCUT2D eigenvalue weighted by Gasteiger charge is -2.49. The van der Waals surface area contributed by atoms with Gasteiger partial charge in [0.05, 0.1) is 34.5 Å². The number of hydrogen-bond donors (Lipinski definition) is 1. The van der Waals surface area contributed by atoms with Crippen molar-refractivity contribution in [3.8, 4) is 5.75 Å². The van der Waals surface area contributed by atoms with Crippen molar-refractivity contribution in [1.29, 1.82) is 0 Å². The monoisotopic (exact) mass is 588 g/mol. The molecule has 0 aromatic heterocycles. The van der Waals surface area contributed by atoms with Crippen molar-refractivity contribution in [3.63, 3.8) is 0 Å². The van der Waals surface area contributed by atoms with Crippen molar-refractivity contribution >= 4 is 40.8 Å². The van der Waals surface area contributed by atoms with Gasteiger partial charge in [-0.05, 0) is 81.5 Å². The molecule has 3 fully saturated rings. The van der Waals surface area contributed by atoms with E-state index in [4.69, 9.17) is 0 Å². The Morgan fingerprint density at radius 3 is 2.18 bits per heavy atom. The number of fused-ring (bicyclic) bond motifs is 4. The van der Waals surface area contributed by atoms with Gasteiger partial charge in [-0.3, -0.25) is 28.9 Å². The summed E-state index contributed by atoms with van der Waals surface area (Å²) in [5.74, 6) is -4.66. The molecule has 2 aliphatic carbocycles. The van der Waals surface area contributed by atoms with Gasteiger partial charge >= 0.3 is 0 Å². The molecule has 0 bridgehead atoms. The summed E-state index contributed by atoms with van der Waals surface area (Å²) in [6.07, 6.45) is 2.50. The van der Waals surface area contributed by atoms with Crippen LogP contribution >= 0.6 is 0 Å². The van der Waals surface area contributed by atoms with Gasteiger partial charge in [-0.25, -0.2) is 4.90 Å². The van der Waals surface area contributed by atoms with Gasteiger partial charge in [-0.1, -0.05) is 48.0 Å². The van der Waals surface area contributed by atoms with Gasteiger partial charge in [0.25, 0.3) is 0 Å². The number of benzene rings is 3. The lowest BCUT2D eigenvalue weighted by atomic mass is 9.51. The van der Waals surface area contributed by atoms with E-state index in [1.807, 2.05) is 18.2 Å². The van der Waals surface area contributed by atoms with Crippen LogP contribution in [0.25, 0.3) is 0 Å². The summed E-state index contributed by atoms with van der Waals surface area (Å²) in [7, 11) is 0. The first-order valence-electron chi connectivity index (χ1n) is 15.0. The maximum atomic E-state index is 14.4. The van der Waals surface area contributed by atoms with Crippen molar-refractivity contribution < 1.29 is 29.1 Å². The van der Waals surface area contributed by atoms with Gasteiger partial charge in [0.15, 0.2) is 5.78 Å².